The Bertz CT molecular complexity index is 673. The lowest BCUT2D eigenvalue weighted by atomic mass is 9.87. The zero-order valence-corrected chi connectivity index (χ0v) is 16.8. The summed E-state index contributed by atoms with van der Waals surface area (Å²) in [5.41, 5.74) is 1.36. The van der Waals surface area contributed by atoms with Crippen LogP contribution in [0.5, 0.6) is 0 Å². The maximum Gasteiger partial charge on any atom is 0.225 e. The smallest absolute Gasteiger partial charge is 0.225 e. The molecule has 0 bridgehead atoms. The van der Waals surface area contributed by atoms with Crippen LogP contribution >= 0.6 is 12.4 Å². The van der Waals surface area contributed by atoms with Gasteiger partial charge in [0.05, 0.1) is 0 Å². The van der Waals surface area contributed by atoms with Crippen LogP contribution in [0.15, 0.2) is 18.2 Å². The molecule has 3 rings (SSSR count). The molecule has 1 aromatic carbocycles. The summed E-state index contributed by atoms with van der Waals surface area (Å²) in [6, 6.07) is 5.02. The van der Waals surface area contributed by atoms with Crippen LogP contribution in [0.3, 0.4) is 0 Å². The molecular weight excluding hydrogens is 369 g/mol. The number of amides is 2. The zero-order valence-electron chi connectivity index (χ0n) is 16.0. The third kappa shape index (κ3) is 5.20. The van der Waals surface area contributed by atoms with Crippen LogP contribution in [0.1, 0.15) is 30.9 Å². The molecule has 2 amide bonds. The van der Waals surface area contributed by atoms with Gasteiger partial charge in [0.2, 0.25) is 11.8 Å². The molecule has 2 saturated heterocycles. The molecule has 2 aliphatic rings. The Morgan fingerprint density at radius 2 is 1.96 bits per heavy atom. The molecule has 2 aliphatic heterocycles. The van der Waals surface area contributed by atoms with Crippen LogP contribution in [0.25, 0.3) is 0 Å². The van der Waals surface area contributed by atoms with Crippen molar-refractivity contribution in [2.45, 2.75) is 33.2 Å². The van der Waals surface area contributed by atoms with Gasteiger partial charge in [-0.3, -0.25) is 9.59 Å². The van der Waals surface area contributed by atoms with E-state index in [0.29, 0.717) is 44.0 Å². The number of rotatable bonds is 5. The van der Waals surface area contributed by atoms with Gasteiger partial charge in [0.15, 0.2) is 0 Å². The van der Waals surface area contributed by atoms with Gasteiger partial charge in [0, 0.05) is 31.5 Å². The van der Waals surface area contributed by atoms with E-state index in [0.717, 1.165) is 18.7 Å². The lowest BCUT2D eigenvalue weighted by Crippen LogP contribution is -2.52. The summed E-state index contributed by atoms with van der Waals surface area (Å²) < 4.78 is 13.6. The summed E-state index contributed by atoms with van der Waals surface area (Å²) in [6.45, 7) is 7.18. The van der Waals surface area contributed by atoms with Gasteiger partial charge in [-0.05, 0) is 56.0 Å². The number of likely N-dealkylation sites (tertiary alicyclic amines) is 1. The largest absolute Gasteiger partial charge is 0.352 e. The number of hydrogen-bond donors (Lipinski definition) is 2. The van der Waals surface area contributed by atoms with Crippen molar-refractivity contribution < 1.29 is 14.0 Å². The van der Waals surface area contributed by atoms with Gasteiger partial charge in [-0.25, -0.2) is 4.39 Å². The first-order valence-electron chi connectivity index (χ1n) is 9.48. The topological polar surface area (TPSA) is 61.4 Å². The first kappa shape index (κ1) is 21.6. The maximum absolute atomic E-state index is 13.6. The minimum absolute atomic E-state index is 0. The number of halogens is 2. The zero-order chi connectivity index (χ0) is 18.7. The highest BCUT2D eigenvalue weighted by Crippen LogP contribution is 2.23. The molecule has 2 heterocycles. The second-order valence-corrected chi connectivity index (χ2v) is 7.61. The van der Waals surface area contributed by atoms with Gasteiger partial charge in [-0.15, -0.1) is 12.4 Å². The molecular formula is C20H29ClFN3O2. The van der Waals surface area contributed by atoms with Crippen molar-refractivity contribution in [3.63, 3.8) is 0 Å². The second kappa shape index (κ2) is 9.51. The van der Waals surface area contributed by atoms with E-state index in [1.165, 1.54) is 6.07 Å². The summed E-state index contributed by atoms with van der Waals surface area (Å²) in [5, 5.41) is 6.11. The molecule has 1 atom stereocenters. The minimum Gasteiger partial charge on any atom is -0.352 e. The van der Waals surface area contributed by atoms with Crippen LogP contribution in [-0.4, -0.2) is 42.9 Å². The number of carbonyl (C=O) groups excluding carboxylic acids is 2. The van der Waals surface area contributed by atoms with E-state index in [1.54, 1.807) is 13.0 Å². The molecule has 0 aromatic heterocycles. The Kier molecular flexibility index (Phi) is 7.62. The summed E-state index contributed by atoms with van der Waals surface area (Å²) in [6.07, 6.45) is 1.38. The van der Waals surface area contributed by atoms with Gasteiger partial charge in [-0.2, -0.15) is 0 Å². The quantitative estimate of drug-likeness (QED) is 0.801. The number of piperidine rings is 1. The minimum atomic E-state index is -0.251. The predicted molar refractivity (Wildman–Crippen MR) is 105 cm³/mol. The number of carbonyl (C=O) groups is 2. The molecule has 1 aromatic rings. The van der Waals surface area contributed by atoms with E-state index < -0.39 is 0 Å². The summed E-state index contributed by atoms with van der Waals surface area (Å²) in [7, 11) is 0. The maximum atomic E-state index is 13.6. The Morgan fingerprint density at radius 3 is 2.52 bits per heavy atom. The van der Waals surface area contributed by atoms with E-state index in [4.69, 9.17) is 0 Å². The van der Waals surface area contributed by atoms with Crippen molar-refractivity contribution in [1.29, 1.82) is 0 Å². The fourth-order valence-electron chi connectivity index (χ4n) is 3.60. The molecule has 2 N–H and O–H groups in total. The number of aryl methyl sites for hydroxylation is 1. The summed E-state index contributed by atoms with van der Waals surface area (Å²) >= 11 is 0. The van der Waals surface area contributed by atoms with Crippen molar-refractivity contribution in [2.24, 2.45) is 17.8 Å². The van der Waals surface area contributed by atoms with E-state index in [1.807, 2.05) is 17.9 Å². The monoisotopic (exact) mass is 397 g/mol. The van der Waals surface area contributed by atoms with Gasteiger partial charge >= 0.3 is 0 Å². The van der Waals surface area contributed by atoms with Crippen molar-refractivity contribution >= 4 is 24.2 Å². The van der Waals surface area contributed by atoms with Crippen molar-refractivity contribution in [2.75, 3.05) is 26.2 Å². The Labute approximate surface area is 166 Å². The Hall–Kier alpha value is -1.66. The summed E-state index contributed by atoms with van der Waals surface area (Å²) in [5.74, 6) is 0.380. The number of benzene rings is 1. The van der Waals surface area contributed by atoms with Crippen molar-refractivity contribution in [3.8, 4) is 0 Å². The van der Waals surface area contributed by atoms with Crippen LogP contribution in [-0.2, 0) is 16.1 Å². The van der Waals surface area contributed by atoms with E-state index in [9.17, 15) is 14.0 Å². The molecule has 27 heavy (non-hydrogen) atoms. The first-order chi connectivity index (χ1) is 12.5. The van der Waals surface area contributed by atoms with Crippen LogP contribution in [0.2, 0.25) is 0 Å². The molecule has 7 heteroatoms. The van der Waals surface area contributed by atoms with Crippen LogP contribution in [0, 0.1) is 30.5 Å². The second-order valence-electron chi connectivity index (χ2n) is 7.61. The first-order valence-corrected chi connectivity index (χ1v) is 9.48. The number of nitrogens with one attached hydrogen (secondary N) is 2. The highest BCUT2D eigenvalue weighted by atomic mass is 35.5. The van der Waals surface area contributed by atoms with E-state index >= 15 is 0 Å². The van der Waals surface area contributed by atoms with Crippen molar-refractivity contribution in [1.82, 2.24) is 15.5 Å². The Balaban J connectivity index is 0.00000261. The van der Waals surface area contributed by atoms with Crippen LogP contribution in [0.4, 0.5) is 4.39 Å². The molecule has 0 saturated carbocycles. The standard InChI is InChI=1S/C20H28FN3O2.ClH/c1-13-3-4-15(9-18(13)21)10-23-19(25)16-5-7-24(8-6-16)20(26)14(2)17-11-22-12-17;/h3-4,9,14,16-17,22H,5-8,10-12H2,1-2H3,(H,23,25);1H. The van der Waals surface area contributed by atoms with Gasteiger partial charge < -0.3 is 15.5 Å². The van der Waals surface area contributed by atoms with E-state index in [2.05, 4.69) is 10.6 Å². The fraction of sp³-hybridized carbons (Fsp3) is 0.600. The summed E-state index contributed by atoms with van der Waals surface area (Å²) in [4.78, 5) is 26.8. The molecule has 0 aliphatic carbocycles. The molecule has 0 radical (unpaired) electrons. The fourth-order valence-corrected chi connectivity index (χ4v) is 3.60. The molecule has 0 spiro atoms. The highest BCUT2D eigenvalue weighted by molar-refractivity contribution is 5.85. The Morgan fingerprint density at radius 1 is 1.30 bits per heavy atom. The molecule has 5 nitrogen and oxygen atoms in total. The van der Waals surface area contributed by atoms with Crippen LogP contribution < -0.4 is 10.6 Å². The highest BCUT2D eigenvalue weighted by Gasteiger charge is 2.34. The lowest BCUT2D eigenvalue weighted by Gasteiger charge is -2.37. The van der Waals surface area contributed by atoms with E-state index in [-0.39, 0.29) is 41.9 Å². The third-order valence-electron chi connectivity index (χ3n) is 5.79. The SMILES string of the molecule is Cc1ccc(CNC(=O)C2CCN(C(=O)C(C)C3CNC3)CC2)cc1F.Cl. The average Bonchev–Trinajstić information content (AvgIpc) is 2.60. The normalized spacial score (nSPS) is 19.0. The van der Waals surface area contributed by atoms with Gasteiger partial charge in [0.25, 0.3) is 0 Å². The average molecular weight is 398 g/mol. The number of nitrogens with zero attached hydrogens (tertiary/aromatic N) is 1. The predicted octanol–water partition coefficient (Wildman–Crippen LogP) is 2.27. The molecule has 2 fully saturated rings. The lowest BCUT2D eigenvalue weighted by molar-refractivity contribution is -0.140. The molecule has 150 valence electrons. The molecule has 1 unspecified atom stereocenters. The van der Waals surface area contributed by atoms with Crippen molar-refractivity contribution in [3.05, 3.63) is 35.1 Å². The van der Waals surface area contributed by atoms with Gasteiger partial charge in [-0.1, -0.05) is 19.1 Å². The number of hydrogen-bond acceptors (Lipinski definition) is 3. The third-order valence-corrected chi connectivity index (χ3v) is 5.79. The van der Waals surface area contributed by atoms with Gasteiger partial charge in [0.1, 0.15) is 5.82 Å².